The molecule has 1 aromatic heterocycles. The number of rotatable bonds is 5. The fraction of sp³-hybridized carbons (Fsp3) is 0.280. The molecule has 1 saturated carbocycles. The van der Waals surface area contributed by atoms with Gasteiger partial charge in [0.15, 0.2) is 0 Å². The van der Waals surface area contributed by atoms with Gasteiger partial charge in [-0.25, -0.2) is 4.39 Å². The van der Waals surface area contributed by atoms with Gasteiger partial charge in [0.2, 0.25) is 0 Å². The van der Waals surface area contributed by atoms with Crippen LogP contribution >= 0.6 is 0 Å². The molecule has 4 nitrogen and oxygen atoms in total. The lowest BCUT2D eigenvalue weighted by Crippen LogP contribution is -2.31. The van der Waals surface area contributed by atoms with Crippen LogP contribution in [0.1, 0.15) is 47.3 Å². The van der Waals surface area contributed by atoms with Crippen LogP contribution < -0.4 is 0 Å². The maximum Gasteiger partial charge on any atom is 0.123 e. The van der Waals surface area contributed by atoms with Crippen LogP contribution in [0.25, 0.3) is 6.08 Å². The van der Waals surface area contributed by atoms with Crippen molar-refractivity contribution in [1.82, 2.24) is 10.2 Å². The van der Waals surface area contributed by atoms with Gasteiger partial charge in [-0.15, -0.1) is 0 Å². The lowest BCUT2D eigenvalue weighted by molar-refractivity contribution is 0.208. The average molecular weight is 401 g/mol. The average Bonchev–Trinajstić information content (AvgIpc) is 3.15. The number of aromatic nitrogens is 2. The fourth-order valence-electron chi connectivity index (χ4n) is 4.62. The topological polar surface area (TPSA) is 50.3 Å². The Morgan fingerprint density at radius 3 is 2.63 bits per heavy atom. The predicted molar refractivity (Wildman–Crippen MR) is 116 cm³/mol. The summed E-state index contributed by atoms with van der Waals surface area (Å²) in [5.41, 5.74) is 5.46. The molecule has 0 radical (unpaired) electrons. The zero-order chi connectivity index (χ0) is 20.6. The molecular weight excluding hydrogens is 377 g/mol. The number of halogens is 1. The second kappa shape index (κ2) is 7.56. The van der Waals surface area contributed by atoms with E-state index in [0.717, 1.165) is 46.6 Å². The van der Waals surface area contributed by atoms with E-state index in [1.54, 1.807) is 19.2 Å². The summed E-state index contributed by atoms with van der Waals surface area (Å²) in [6.07, 6.45) is 8.41. The van der Waals surface area contributed by atoms with Crippen molar-refractivity contribution < 1.29 is 9.23 Å². The third-order valence-electron chi connectivity index (χ3n) is 6.43. The number of fused-ring (bicyclic) bond motifs is 1. The van der Waals surface area contributed by atoms with Gasteiger partial charge in [-0.3, -0.25) is 5.10 Å². The van der Waals surface area contributed by atoms with Crippen LogP contribution in [0.5, 0.6) is 0 Å². The van der Waals surface area contributed by atoms with E-state index in [2.05, 4.69) is 39.6 Å². The molecule has 0 bridgehead atoms. The predicted octanol–water partition coefficient (Wildman–Crippen LogP) is 5.26. The Hall–Kier alpha value is -3.21. The SMILES string of the molecule is CON=C(c1n[nH]c2c1C=CC(c1ccccc1)(c1cccc(F)c1)C2)C1CCC1. The van der Waals surface area contributed by atoms with Gasteiger partial charge in [0.25, 0.3) is 0 Å². The molecule has 30 heavy (non-hydrogen) atoms. The van der Waals surface area contributed by atoms with Gasteiger partial charge in [-0.1, -0.05) is 66.2 Å². The Morgan fingerprint density at radius 1 is 1.13 bits per heavy atom. The molecular formula is C25H24FN3O. The molecule has 2 aliphatic carbocycles. The van der Waals surface area contributed by atoms with Crippen LogP contribution in [0.4, 0.5) is 4.39 Å². The summed E-state index contributed by atoms with van der Waals surface area (Å²) < 4.78 is 14.2. The minimum atomic E-state index is -0.463. The number of H-pyrrole nitrogens is 1. The highest BCUT2D eigenvalue weighted by molar-refractivity contribution is 6.04. The molecule has 2 aromatic carbocycles. The zero-order valence-electron chi connectivity index (χ0n) is 16.9. The number of nitrogens with zero attached hydrogens (tertiary/aromatic N) is 2. The Balaban J connectivity index is 1.62. The minimum absolute atomic E-state index is 0.230. The minimum Gasteiger partial charge on any atom is -0.399 e. The number of oxime groups is 1. The van der Waals surface area contributed by atoms with E-state index in [0.29, 0.717) is 12.3 Å². The normalized spacial score (nSPS) is 21.2. The summed E-state index contributed by atoms with van der Waals surface area (Å²) in [6, 6.07) is 17.1. The highest BCUT2D eigenvalue weighted by atomic mass is 19.1. The Kier molecular flexibility index (Phi) is 4.74. The standard InChI is InChI=1S/C25H24FN3O/c1-30-29-23(17-7-5-8-17)24-21-13-14-25(16-22(21)27-28-24,18-9-3-2-4-10-18)19-11-6-12-20(26)15-19/h2-4,6,9-15,17H,5,7-8,16H2,1H3,(H,27,28). The van der Waals surface area contributed by atoms with Crippen molar-refractivity contribution in [2.24, 2.45) is 11.1 Å². The third-order valence-corrected chi connectivity index (χ3v) is 6.43. The smallest absolute Gasteiger partial charge is 0.123 e. The van der Waals surface area contributed by atoms with Crippen molar-refractivity contribution in [1.29, 1.82) is 0 Å². The molecule has 1 atom stereocenters. The third kappa shape index (κ3) is 3.05. The monoisotopic (exact) mass is 401 g/mol. The van der Waals surface area contributed by atoms with Gasteiger partial charge in [-0.05, 0) is 36.1 Å². The highest BCUT2D eigenvalue weighted by Gasteiger charge is 2.38. The maximum atomic E-state index is 14.2. The van der Waals surface area contributed by atoms with E-state index in [1.165, 1.54) is 12.5 Å². The molecule has 2 aliphatic rings. The van der Waals surface area contributed by atoms with E-state index in [4.69, 9.17) is 4.84 Å². The van der Waals surface area contributed by atoms with Crippen LogP contribution in [0.2, 0.25) is 0 Å². The first-order valence-electron chi connectivity index (χ1n) is 10.4. The summed E-state index contributed by atoms with van der Waals surface area (Å²) >= 11 is 0. The Morgan fingerprint density at radius 2 is 1.93 bits per heavy atom. The van der Waals surface area contributed by atoms with Crippen LogP contribution in [0.15, 0.2) is 65.8 Å². The molecule has 1 unspecified atom stereocenters. The molecule has 0 aliphatic heterocycles. The van der Waals surface area contributed by atoms with Gasteiger partial charge in [0.1, 0.15) is 24.3 Å². The Bertz CT molecular complexity index is 1110. The lowest BCUT2D eigenvalue weighted by atomic mass is 9.68. The molecule has 1 fully saturated rings. The van der Waals surface area contributed by atoms with Crippen molar-refractivity contribution >= 4 is 11.8 Å². The van der Waals surface area contributed by atoms with Gasteiger partial charge >= 0.3 is 0 Å². The summed E-state index contributed by atoms with van der Waals surface area (Å²) in [5, 5.41) is 12.2. The molecule has 0 spiro atoms. The van der Waals surface area contributed by atoms with Crippen molar-refractivity contribution in [2.75, 3.05) is 7.11 Å². The second-order valence-electron chi connectivity index (χ2n) is 8.11. The van der Waals surface area contributed by atoms with E-state index in [9.17, 15) is 4.39 Å². The second-order valence-corrected chi connectivity index (χ2v) is 8.11. The molecule has 0 saturated heterocycles. The molecule has 1 N–H and O–H groups in total. The lowest BCUT2D eigenvalue weighted by Gasteiger charge is -2.34. The number of aromatic amines is 1. The quantitative estimate of drug-likeness (QED) is 0.469. The number of benzene rings is 2. The van der Waals surface area contributed by atoms with Crippen molar-refractivity contribution in [2.45, 2.75) is 31.1 Å². The zero-order valence-corrected chi connectivity index (χ0v) is 16.9. The first kappa shape index (κ1) is 18.8. The molecule has 1 heterocycles. The number of hydrogen-bond donors (Lipinski definition) is 1. The number of hydrogen-bond acceptors (Lipinski definition) is 3. The Labute approximate surface area is 175 Å². The van der Waals surface area contributed by atoms with Crippen molar-refractivity contribution in [3.05, 3.63) is 94.6 Å². The summed E-state index contributed by atoms with van der Waals surface area (Å²) in [6.45, 7) is 0. The van der Waals surface area contributed by atoms with E-state index >= 15 is 0 Å². The highest BCUT2D eigenvalue weighted by Crippen LogP contribution is 2.42. The molecule has 152 valence electrons. The van der Waals surface area contributed by atoms with Crippen LogP contribution in [0.3, 0.4) is 0 Å². The summed E-state index contributed by atoms with van der Waals surface area (Å²) in [5.74, 6) is 0.168. The maximum absolute atomic E-state index is 14.2. The van der Waals surface area contributed by atoms with Gasteiger partial charge in [-0.2, -0.15) is 5.10 Å². The number of allylic oxidation sites excluding steroid dienone is 1. The van der Waals surface area contributed by atoms with Crippen molar-refractivity contribution in [3.8, 4) is 0 Å². The van der Waals surface area contributed by atoms with Gasteiger partial charge < -0.3 is 4.84 Å². The first-order chi connectivity index (χ1) is 14.7. The van der Waals surface area contributed by atoms with Crippen LogP contribution in [-0.4, -0.2) is 23.0 Å². The van der Waals surface area contributed by atoms with E-state index < -0.39 is 5.41 Å². The van der Waals surface area contributed by atoms with Crippen LogP contribution in [0, 0.1) is 11.7 Å². The van der Waals surface area contributed by atoms with Gasteiger partial charge in [0.05, 0.1) is 0 Å². The molecule has 0 amide bonds. The van der Waals surface area contributed by atoms with E-state index in [-0.39, 0.29) is 5.82 Å². The largest absolute Gasteiger partial charge is 0.399 e. The van der Waals surface area contributed by atoms with Crippen LogP contribution in [-0.2, 0) is 16.7 Å². The molecule has 5 heteroatoms. The first-order valence-corrected chi connectivity index (χ1v) is 10.4. The summed E-state index contributed by atoms with van der Waals surface area (Å²) in [4.78, 5) is 5.14. The molecule has 5 rings (SSSR count). The van der Waals surface area contributed by atoms with Gasteiger partial charge in [0, 0.05) is 29.0 Å². The van der Waals surface area contributed by atoms with E-state index in [1.807, 2.05) is 24.3 Å². The number of nitrogens with one attached hydrogen (secondary N) is 1. The molecule has 3 aromatic rings. The van der Waals surface area contributed by atoms with Crippen molar-refractivity contribution in [3.63, 3.8) is 0 Å². The summed E-state index contributed by atoms with van der Waals surface area (Å²) in [7, 11) is 1.58. The fourth-order valence-corrected chi connectivity index (χ4v) is 4.62.